The van der Waals surface area contributed by atoms with Gasteiger partial charge in [-0.15, -0.1) is 0 Å². The zero-order valence-electron chi connectivity index (χ0n) is 17.6. The normalized spacial score (nSPS) is 30.3. The highest BCUT2D eigenvalue weighted by Crippen LogP contribution is 2.56. The molecule has 3 atom stereocenters. The average Bonchev–Trinajstić information content (AvgIpc) is 3.16. The summed E-state index contributed by atoms with van der Waals surface area (Å²) >= 11 is 0. The van der Waals surface area contributed by atoms with E-state index in [0.717, 1.165) is 50.9 Å². The lowest BCUT2D eigenvalue weighted by Gasteiger charge is -2.58. The van der Waals surface area contributed by atoms with Gasteiger partial charge in [-0.1, -0.05) is 31.5 Å². The lowest BCUT2D eigenvalue weighted by molar-refractivity contribution is -0.117. The zero-order valence-corrected chi connectivity index (χ0v) is 17.6. The highest BCUT2D eigenvalue weighted by atomic mass is 16.4. The van der Waals surface area contributed by atoms with Crippen LogP contribution in [0.5, 0.6) is 0 Å². The number of hydrogen-bond acceptors (Lipinski definition) is 3. The fraction of sp³-hybridized carbons (Fsp3) is 0.652. The van der Waals surface area contributed by atoms with Crippen LogP contribution in [0, 0.1) is 11.3 Å². The second-order valence-corrected chi connectivity index (χ2v) is 9.09. The van der Waals surface area contributed by atoms with Gasteiger partial charge in [-0.25, -0.2) is 4.79 Å². The molecule has 3 fully saturated rings. The molecule has 2 heterocycles. The number of hydrogen-bond donors (Lipinski definition) is 1. The SMILES string of the molecule is CCC1C(N2CCC(N(C(C)=O)c3ccccc3)CC2)CC12CCN(C(=O)O)C2. The maximum atomic E-state index is 12.3. The highest BCUT2D eigenvalue weighted by molar-refractivity contribution is 5.92. The summed E-state index contributed by atoms with van der Waals surface area (Å²) in [6.07, 6.45) is 4.46. The van der Waals surface area contributed by atoms with Gasteiger partial charge in [0.25, 0.3) is 0 Å². The monoisotopic (exact) mass is 399 g/mol. The Labute approximate surface area is 173 Å². The first kappa shape index (κ1) is 20.2. The minimum atomic E-state index is -0.772. The number of carbonyl (C=O) groups is 2. The van der Waals surface area contributed by atoms with Crippen LogP contribution < -0.4 is 4.90 Å². The van der Waals surface area contributed by atoms with Gasteiger partial charge in [0, 0.05) is 50.9 Å². The van der Waals surface area contributed by atoms with Crippen LogP contribution in [0.15, 0.2) is 30.3 Å². The number of amides is 2. The number of para-hydroxylation sites is 1. The van der Waals surface area contributed by atoms with E-state index in [2.05, 4.69) is 11.8 Å². The number of carbonyl (C=O) groups excluding carboxylic acids is 1. The molecule has 1 aliphatic carbocycles. The van der Waals surface area contributed by atoms with Gasteiger partial charge in [-0.2, -0.15) is 0 Å². The quantitative estimate of drug-likeness (QED) is 0.839. The molecule has 3 unspecified atom stereocenters. The first-order valence-electron chi connectivity index (χ1n) is 11.0. The van der Waals surface area contributed by atoms with E-state index in [1.54, 1.807) is 11.8 Å². The molecular formula is C23H33N3O3. The summed E-state index contributed by atoms with van der Waals surface area (Å²) in [5.41, 5.74) is 1.19. The van der Waals surface area contributed by atoms with Crippen LogP contribution in [0.4, 0.5) is 10.5 Å². The molecule has 1 aromatic carbocycles. The first-order chi connectivity index (χ1) is 13.9. The lowest BCUT2D eigenvalue weighted by Crippen LogP contribution is -2.62. The number of rotatable bonds is 4. The molecule has 4 rings (SSSR count). The molecule has 2 aliphatic heterocycles. The molecule has 158 valence electrons. The van der Waals surface area contributed by atoms with Crippen molar-refractivity contribution in [3.63, 3.8) is 0 Å². The smallest absolute Gasteiger partial charge is 0.407 e. The van der Waals surface area contributed by atoms with Crippen LogP contribution in [-0.4, -0.2) is 65.2 Å². The van der Waals surface area contributed by atoms with E-state index in [1.165, 1.54) is 0 Å². The van der Waals surface area contributed by atoms with Crippen LogP contribution in [0.1, 0.15) is 46.0 Å². The molecule has 1 N–H and O–H groups in total. The summed E-state index contributed by atoms with van der Waals surface area (Å²) < 4.78 is 0. The first-order valence-corrected chi connectivity index (χ1v) is 11.0. The Hall–Kier alpha value is -2.08. The van der Waals surface area contributed by atoms with Gasteiger partial charge in [0.2, 0.25) is 5.91 Å². The lowest BCUT2D eigenvalue weighted by atomic mass is 9.54. The Bertz CT molecular complexity index is 747. The standard InChI is InChI=1S/C23H33N3O3/c1-3-20-21(15-23(20)11-14-25(16-23)22(28)29)24-12-9-19(10-13-24)26(17(2)27)18-7-5-4-6-8-18/h4-8,19-21H,3,9-16H2,1-2H3,(H,28,29). The molecule has 1 aromatic rings. The Morgan fingerprint density at radius 2 is 1.86 bits per heavy atom. The maximum Gasteiger partial charge on any atom is 0.407 e. The Morgan fingerprint density at radius 3 is 2.41 bits per heavy atom. The van der Waals surface area contributed by atoms with E-state index in [0.29, 0.717) is 25.0 Å². The molecule has 0 aromatic heterocycles. The minimum Gasteiger partial charge on any atom is -0.465 e. The van der Waals surface area contributed by atoms with E-state index in [4.69, 9.17) is 0 Å². The van der Waals surface area contributed by atoms with Crippen molar-refractivity contribution in [2.45, 2.75) is 58.0 Å². The van der Waals surface area contributed by atoms with Crippen molar-refractivity contribution < 1.29 is 14.7 Å². The van der Waals surface area contributed by atoms with Gasteiger partial charge in [-0.05, 0) is 49.1 Å². The predicted molar refractivity (Wildman–Crippen MR) is 113 cm³/mol. The maximum absolute atomic E-state index is 12.3. The summed E-state index contributed by atoms with van der Waals surface area (Å²) in [6, 6.07) is 10.8. The van der Waals surface area contributed by atoms with Gasteiger partial charge in [0.1, 0.15) is 0 Å². The second kappa shape index (κ2) is 7.98. The summed E-state index contributed by atoms with van der Waals surface area (Å²) in [6.45, 7) is 7.34. The molecule has 29 heavy (non-hydrogen) atoms. The summed E-state index contributed by atoms with van der Waals surface area (Å²) in [4.78, 5) is 29.9. The molecule has 0 radical (unpaired) electrons. The van der Waals surface area contributed by atoms with Crippen molar-refractivity contribution in [1.82, 2.24) is 9.80 Å². The fourth-order valence-electron chi connectivity index (χ4n) is 6.29. The highest BCUT2D eigenvalue weighted by Gasteiger charge is 2.58. The predicted octanol–water partition coefficient (Wildman–Crippen LogP) is 3.67. The van der Waals surface area contributed by atoms with E-state index >= 15 is 0 Å². The Kier molecular flexibility index (Phi) is 5.56. The largest absolute Gasteiger partial charge is 0.465 e. The van der Waals surface area contributed by atoms with Crippen LogP contribution in [-0.2, 0) is 4.79 Å². The third kappa shape index (κ3) is 3.63. The van der Waals surface area contributed by atoms with Crippen molar-refractivity contribution in [2.75, 3.05) is 31.1 Å². The molecule has 0 bridgehead atoms. The molecule has 6 nitrogen and oxygen atoms in total. The van der Waals surface area contributed by atoms with Gasteiger partial charge >= 0.3 is 6.09 Å². The average molecular weight is 400 g/mol. The number of anilines is 1. The fourth-order valence-corrected chi connectivity index (χ4v) is 6.29. The molecule has 6 heteroatoms. The molecule has 3 aliphatic rings. The van der Waals surface area contributed by atoms with Gasteiger partial charge in [0.05, 0.1) is 0 Å². The number of nitrogens with zero attached hydrogens (tertiary/aromatic N) is 3. The summed E-state index contributed by atoms with van der Waals surface area (Å²) in [5.74, 6) is 0.699. The van der Waals surface area contributed by atoms with Gasteiger partial charge in [-0.3, -0.25) is 9.69 Å². The van der Waals surface area contributed by atoms with Gasteiger partial charge < -0.3 is 14.9 Å². The van der Waals surface area contributed by atoms with Crippen molar-refractivity contribution >= 4 is 17.7 Å². The number of carboxylic acid groups (broad SMARTS) is 1. The summed E-state index contributed by atoms with van der Waals surface area (Å²) in [7, 11) is 0. The third-order valence-corrected chi connectivity index (χ3v) is 7.67. The van der Waals surface area contributed by atoms with E-state index < -0.39 is 6.09 Å². The van der Waals surface area contributed by atoms with Crippen molar-refractivity contribution in [2.24, 2.45) is 11.3 Å². The van der Waals surface area contributed by atoms with Gasteiger partial charge in [0.15, 0.2) is 0 Å². The molecule has 2 saturated heterocycles. The molecule has 2 amide bonds. The number of benzene rings is 1. The topological polar surface area (TPSA) is 64.1 Å². The van der Waals surface area contributed by atoms with E-state index in [9.17, 15) is 14.7 Å². The Morgan fingerprint density at radius 1 is 1.17 bits per heavy atom. The third-order valence-electron chi connectivity index (χ3n) is 7.67. The van der Waals surface area contributed by atoms with Crippen LogP contribution in [0.3, 0.4) is 0 Å². The van der Waals surface area contributed by atoms with Crippen LogP contribution in [0.25, 0.3) is 0 Å². The second-order valence-electron chi connectivity index (χ2n) is 9.09. The molecule has 1 saturated carbocycles. The number of likely N-dealkylation sites (tertiary alicyclic amines) is 2. The summed E-state index contributed by atoms with van der Waals surface area (Å²) in [5, 5.41) is 9.34. The van der Waals surface area contributed by atoms with Crippen LogP contribution in [0.2, 0.25) is 0 Å². The van der Waals surface area contributed by atoms with Crippen molar-refractivity contribution in [3.8, 4) is 0 Å². The van der Waals surface area contributed by atoms with Crippen molar-refractivity contribution in [1.29, 1.82) is 0 Å². The van der Waals surface area contributed by atoms with E-state index in [1.807, 2.05) is 35.2 Å². The van der Waals surface area contributed by atoms with E-state index in [-0.39, 0.29) is 17.4 Å². The zero-order chi connectivity index (χ0) is 20.6. The molecule has 1 spiro atoms. The van der Waals surface area contributed by atoms with Crippen molar-refractivity contribution in [3.05, 3.63) is 30.3 Å². The minimum absolute atomic E-state index is 0.114. The number of piperidine rings is 1. The molecular weight excluding hydrogens is 366 g/mol. The van der Waals surface area contributed by atoms with Crippen LogP contribution >= 0.6 is 0 Å². The Balaban J connectivity index is 1.38.